The fraction of sp³-hybridized carbons (Fsp3) is 0. The summed E-state index contributed by atoms with van der Waals surface area (Å²) in [6.07, 6.45) is 0.782. The van der Waals surface area contributed by atoms with Crippen LogP contribution in [0.3, 0.4) is 0 Å². The highest BCUT2D eigenvalue weighted by molar-refractivity contribution is 7.90. The topological polar surface area (TPSA) is 87.6 Å². The molecule has 1 aliphatic rings. The molecule has 1 amide bonds. The van der Waals surface area contributed by atoms with Crippen molar-refractivity contribution in [3.63, 3.8) is 0 Å². The lowest BCUT2D eigenvalue weighted by Crippen LogP contribution is -2.17. The minimum atomic E-state index is -4.20. The number of hydrogen-bond donors (Lipinski definition) is 2. The van der Waals surface area contributed by atoms with Crippen molar-refractivity contribution in [3.8, 4) is 0 Å². The molecule has 1 heterocycles. The molecular weight excluding hydrogens is 366 g/mol. The first kappa shape index (κ1) is 16.9. The molecule has 0 unspecified atom stereocenters. The van der Waals surface area contributed by atoms with Crippen molar-refractivity contribution in [2.75, 3.05) is 10.6 Å². The van der Waals surface area contributed by atoms with Gasteiger partial charge in [-0.05, 0) is 12.1 Å². The quantitative estimate of drug-likeness (QED) is 0.626. The summed E-state index contributed by atoms with van der Waals surface area (Å²) in [4.78, 5) is 11.5. The second-order valence-corrected chi connectivity index (χ2v) is 6.49. The predicted octanol–water partition coefficient (Wildman–Crippen LogP) is 2.64. The third kappa shape index (κ3) is 3.05. The summed E-state index contributed by atoms with van der Waals surface area (Å²) in [7, 11) is -4.20. The highest BCUT2D eigenvalue weighted by Crippen LogP contribution is 2.30. The number of carbonyl (C=O) groups excluding carboxylic acids is 1. The van der Waals surface area contributed by atoms with Gasteiger partial charge in [0.15, 0.2) is 17.5 Å². The Balaban J connectivity index is 1.98. The molecule has 0 spiro atoms. The van der Waals surface area contributed by atoms with Crippen LogP contribution in [0.25, 0.3) is 0 Å². The molecule has 0 saturated heterocycles. The van der Waals surface area contributed by atoms with Crippen LogP contribution < -0.4 is 10.6 Å². The lowest BCUT2D eigenvalue weighted by Gasteiger charge is -2.14. The number of benzene rings is 2. The first-order chi connectivity index (χ1) is 11.7. The van der Waals surface area contributed by atoms with Crippen LogP contribution in [0.1, 0.15) is 10.4 Å². The number of rotatable bonds is 2. The highest BCUT2D eigenvalue weighted by atomic mass is 32.2. The van der Waals surface area contributed by atoms with Gasteiger partial charge in [-0.25, -0.2) is 17.6 Å². The number of sulfonamides is 1. The average molecular weight is 373 g/mol. The SMILES string of the molecule is O=C(Nc1cc(F)c(F)c(F)c1)c1cc(F)c2c(c1)S(=O)(=O)N=CN2. The normalized spacial score (nSPS) is 14.6. The van der Waals surface area contributed by atoms with E-state index in [1.54, 1.807) is 0 Å². The number of halogens is 4. The number of anilines is 2. The number of amides is 1. The monoisotopic (exact) mass is 373 g/mol. The van der Waals surface area contributed by atoms with Gasteiger partial charge in [0.25, 0.3) is 15.9 Å². The van der Waals surface area contributed by atoms with Crippen molar-refractivity contribution in [2.45, 2.75) is 4.90 Å². The minimum absolute atomic E-state index is 0.384. The second kappa shape index (κ2) is 5.84. The van der Waals surface area contributed by atoms with Gasteiger partial charge in [0.05, 0.1) is 5.69 Å². The molecule has 0 aromatic heterocycles. The molecule has 0 atom stereocenters. The molecule has 2 aromatic rings. The van der Waals surface area contributed by atoms with Gasteiger partial charge in [-0.1, -0.05) is 0 Å². The first-order valence-corrected chi connectivity index (χ1v) is 7.98. The standard InChI is InChI=1S/C14H7F4N3O3S/c15-8-3-7(4-9(16)12(8)18)21-14(22)6-1-10(17)13-11(2-6)25(23,24)20-5-19-13/h1-5H,(H,19,20)(H,21,22). The summed E-state index contributed by atoms with van der Waals surface area (Å²) < 4.78 is 80.0. The van der Waals surface area contributed by atoms with Gasteiger partial charge < -0.3 is 10.6 Å². The Morgan fingerprint density at radius 2 is 1.64 bits per heavy atom. The molecule has 2 aromatic carbocycles. The molecule has 0 saturated carbocycles. The fourth-order valence-electron chi connectivity index (χ4n) is 2.10. The first-order valence-electron chi connectivity index (χ1n) is 6.54. The van der Waals surface area contributed by atoms with Crippen LogP contribution in [-0.4, -0.2) is 20.7 Å². The molecule has 0 radical (unpaired) electrons. The lowest BCUT2D eigenvalue weighted by molar-refractivity contribution is 0.102. The van der Waals surface area contributed by atoms with E-state index in [1.807, 2.05) is 5.32 Å². The van der Waals surface area contributed by atoms with Crippen molar-refractivity contribution in [3.05, 3.63) is 53.1 Å². The summed E-state index contributed by atoms with van der Waals surface area (Å²) in [5.74, 6) is -6.89. The lowest BCUT2D eigenvalue weighted by atomic mass is 10.1. The van der Waals surface area contributed by atoms with Crippen molar-refractivity contribution in [1.29, 1.82) is 0 Å². The largest absolute Gasteiger partial charge is 0.342 e. The number of fused-ring (bicyclic) bond motifs is 1. The zero-order chi connectivity index (χ0) is 18.4. The average Bonchev–Trinajstić information content (AvgIpc) is 2.53. The Kier molecular flexibility index (Phi) is 3.95. The highest BCUT2D eigenvalue weighted by Gasteiger charge is 2.26. The van der Waals surface area contributed by atoms with E-state index in [2.05, 4.69) is 9.71 Å². The Morgan fingerprint density at radius 1 is 1.00 bits per heavy atom. The molecule has 3 rings (SSSR count). The van der Waals surface area contributed by atoms with E-state index in [0.29, 0.717) is 12.1 Å². The van der Waals surface area contributed by atoms with Crippen molar-refractivity contribution >= 4 is 33.6 Å². The maximum Gasteiger partial charge on any atom is 0.285 e. The van der Waals surface area contributed by atoms with Crippen molar-refractivity contribution in [2.24, 2.45) is 4.40 Å². The second-order valence-electron chi connectivity index (χ2n) is 4.89. The maximum absolute atomic E-state index is 14.0. The van der Waals surface area contributed by atoms with E-state index >= 15 is 0 Å². The fourth-order valence-corrected chi connectivity index (χ4v) is 3.10. The van der Waals surface area contributed by atoms with Gasteiger partial charge in [-0.15, -0.1) is 4.40 Å². The Bertz CT molecular complexity index is 1010. The minimum Gasteiger partial charge on any atom is -0.342 e. The van der Waals surface area contributed by atoms with Crippen molar-refractivity contribution in [1.82, 2.24) is 0 Å². The van der Waals surface area contributed by atoms with Gasteiger partial charge >= 0.3 is 0 Å². The molecular formula is C14H7F4N3O3S. The molecule has 130 valence electrons. The van der Waals surface area contributed by atoms with E-state index in [-0.39, 0.29) is 5.69 Å². The van der Waals surface area contributed by atoms with Gasteiger partial charge in [-0.3, -0.25) is 4.79 Å². The molecule has 0 fully saturated rings. The van der Waals surface area contributed by atoms with Gasteiger partial charge in [0.1, 0.15) is 17.1 Å². The van der Waals surface area contributed by atoms with Crippen LogP contribution in [0.2, 0.25) is 0 Å². The molecule has 25 heavy (non-hydrogen) atoms. The molecule has 11 heteroatoms. The summed E-state index contributed by atoms with van der Waals surface area (Å²) in [6.45, 7) is 0. The van der Waals surface area contributed by atoms with Crippen molar-refractivity contribution < 1.29 is 30.8 Å². The van der Waals surface area contributed by atoms with E-state index in [9.17, 15) is 30.8 Å². The smallest absolute Gasteiger partial charge is 0.285 e. The third-order valence-electron chi connectivity index (χ3n) is 3.24. The van der Waals surface area contributed by atoms with Crippen LogP contribution in [0, 0.1) is 23.3 Å². The number of nitrogens with one attached hydrogen (secondary N) is 2. The van der Waals surface area contributed by atoms with Crippen LogP contribution in [-0.2, 0) is 10.0 Å². The van der Waals surface area contributed by atoms with Gasteiger partial charge in [0.2, 0.25) is 0 Å². The number of nitrogens with zero attached hydrogens (tertiary/aromatic N) is 1. The number of carbonyl (C=O) groups is 1. The summed E-state index contributed by atoms with van der Waals surface area (Å²) in [5, 5.41) is 4.33. The summed E-state index contributed by atoms with van der Waals surface area (Å²) in [5.41, 5.74) is -1.26. The zero-order valence-corrected chi connectivity index (χ0v) is 12.8. The van der Waals surface area contributed by atoms with Crippen LogP contribution in [0.15, 0.2) is 33.6 Å². The van der Waals surface area contributed by atoms with Crippen LogP contribution in [0.4, 0.5) is 28.9 Å². The van der Waals surface area contributed by atoms with E-state index in [1.165, 1.54) is 0 Å². The molecule has 6 nitrogen and oxygen atoms in total. The van der Waals surface area contributed by atoms with E-state index < -0.39 is 55.3 Å². The zero-order valence-electron chi connectivity index (χ0n) is 12.0. The summed E-state index contributed by atoms with van der Waals surface area (Å²) >= 11 is 0. The Labute approximate surface area is 138 Å². The Hall–Kier alpha value is -2.95. The van der Waals surface area contributed by atoms with E-state index in [0.717, 1.165) is 18.5 Å². The summed E-state index contributed by atoms with van der Waals surface area (Å²) in [6, 6.07) is 2.62. The third-order valence-corrected chi connectivity index (χ3v) is 4.50. The maximum atomic E-state index is 14.0. The molecule has 1 aliphatic heterocycles. The predicted molar refractivity (Wildman–Crippen MR) is 80.0 cm³/mol. The molecule has 0 aliphatic carbocycles. The van der Waals surface area contributed by atoms with Crippen LogP contribution >= 0.6 is 0 Å². The Morgan fingerprint density at radius 3 is 2.28 bits per heavy atom. The molecule has 0 bridgehead atoms. The van der Waals surface area contributed by atoms with Gasteiger partial charge in [-0.2, -0.15) is 8.42 Å². The van der Waals surface area contributed by atoms with Crippen LogP contribution in [0.5, 0.6) is 0 Å². The van der Waals surface area contributed by atoms with Gasteiger partial charge in [0, 0.05) is 23.4 Å². The number of hydrogen-bond acceptors (Lipinski definition) is 4. The molecule has 2 N–H and O–H groups in total. The van der Waals surface area contributed by atoms with E-state index in [4.69, 9.17) is 0 Å².